The van der Waals surface area contributed by atoms with Gasteiger partial charge in [-0.05, 0) is 25.7 Å². The van der Waals surface area contributed by atoms with Crippen LogP contribution in [0.15, 0.2) is 0 Å². The minimum Gasteiger partial charge on any atom is -0.463 e. The van der Waals surface area contributed by atoms with Crippen molar-refractivity contribution in [1.82, 2.24) is 5.32 Å². The zero-order valence-corrected chi connectivity index (χ0v) is 24.2. The Labute approximate surface area is 232 Å². The van der Waals surface area contributed by atoms with Crippen molar-refractivity contribution in [3.63, 3.8) is 0 Å². The molecule has 1 N–H and O–H groups in total. The van der Waals surface area contributed by atoms with E-state index in [-0.39, 0.29) is 32.3 Å². The van der Waals surface area contributed by atoms with Crippen LogP contribution >= 0.6 is 0 Å². The predicted molar refractivity (Wildman–Crippen MR) is 141 cm³/mol. The van der Waals surface area contributed by atoms with Gasteiger partial charge in [-0.15, -0.1) is 0 Å². The molecule has 1 aliphatic heterocycles. The summed E-state index contributed by atoms with van der Waals surface area (Å²) in [6.45, 7) is 8.66. The lowest BCUT2D eigenvalue weighted by atomic mass is 9.95. The molecule has 224 valence electrons. The van der Waals surface area contributed by atoms with Gasteiger partial charge in [0.2, 0.25) is 12.2 Å². The highest BCUT2D eigenvalue weighted by Gasteiger charge is 2.52. The van der Waals surface area contributed by atoms with Crippen molar-refractivity contribution in [2.24, 2.45) is 0 Å². The summed E-state index contributed by atoms with van der Waals surface area (Å²) in [6, 6.07) is -1.16. The molecule has 0 spiro atoms. The number of carbonyl (C=O) groups is 5. The largest absolute Gasteiger partial charge is 0.463 e. The lowest BCUT2D eigenvalue weighted by Gasteiger charge is -2.44. The van der Waals surface area contributed by atoms with E-state index in [9.17, 15) is 24.0 Å². The maximum Gasteiger partial charge on any atom is 0.308 e. The molecular formula is C28H47NO10. The van der Waals surface area contributed by atoms with Crippen LogP contribution in [0.25, 0.3) is 0 Å². The zero-order valence-electron chi connectivity index (χ0n) is 24.2. The Balaban J connectivity index is 3.39. The molecule has 0 aromatic heterocycles. The second-order valence-electron chi connectivity index (χ2n) is 9.77. The molecular weight excluding hydrogens is 510 g/mol. The second-order valence-corrected chi connectivity index (χ2v) is 9.77. The van der Waals surface area contributed by atoms with Crippen molar-refractivity contribution >= 4 is 29.8 Å². The van der Waals surface area contributed by atoms with E-state index < -0.39 is 60.4 Å². The first-order chi connectivity index (χ1) is 18.7. The molecule has 0 aliphatic carbocycles. The zero-order chi connectivity index (χ0) is 29.2. The quantitative estimate of drug-likeness (QED) is 0.195. The Kier molecular flexibility index (Phi) is 17.1. The molecule has 1 aliphatic rings. The molecule has 1 rings (SSSR count). The number of hydrogen-bond donors (Lipinski definition) is 1. The monoisotopic (exact) mass is 557 g/mol. The maximum absolute atomic E-state index is 12.8. The van der Waals surface area contributed by atoms with E-state index in [1.165, 1.54) is 6.92 Å². The minimum atomic E-state index is -1.37. The number of carbonyl (C=O) groups excluding carboxylic acids is 5. The molecule has 39 heavy (non-hydrogen) atoms. The van der Waals surface area contributed by atoms with Gasteiger partial charge in [-0.3, -0.25) is 24.0 Å². The van der Waals surface area contributed by atoms with Crippen molar-refractivity contribution in [3.8, 4) is 0 Å². The van der Waals surface area contributed by atoms with Crippen LogP contribution in [-0.4, -0.2) is 67.0 Å². The van der Waals surface area contributed by atoms with E-state index in [1.54, 1.807) is 0 Å². The summed E-state index contributed by atoms with van der Waals surface area (Å²) in [7, 11) is 0. The average molecular weight is 558 g/mol. The lowest BCUT2D eigenvalue weighted by Crippen LogP contribution is -2.67. The third-order valence-corrected chi connectivity index (χ3v) is 6.15. The van der Waals surface area contributed by atoms with Gasteiger partial charge in [-0.25, -0.2) is 0 Å². The fourth-order valence-electron chi connectivity index (χ4n) is 3.95. The van der Waals surface area contributed by atoms with Gasteiger partial charge in [0.05, 0.1) is 0 Å². The van der Waals surface area contributed by atoms with E-state index in [2.05, 4.69) is 5.32 Å². The van der Waals surface area contributed by atoms with Gasteiger partial charge >= 0.3 is 23.9 Å². The topological polar surface area (TPSA) is 144 Å². The molecule has 1 saturated heterocycles. The standard InChI is InChI=1S/C28H47NO10/c1-6-10-14-21(31)35-18-20-26(37-22(32)15-11-7-2)27(38-23(33)16-12-8-3)25(29-19(5)30)28(36-20)39-24(34)17-13-9-4/h20,25-28H,6-18H2,1-5H3,(H,29,30)/t20-,25+,26-,27-,28-/m1/s1. The van der Waals surface area contributed by atoms with Crippen LogP contribution in [0.1, 0.15) is 112 Å². The van der Waals surface area contributed by atoms with Crippen LogP contribution in [0.5, 0.6) is 0 Å². The van der Waals surface area contributed by atoms with Gasteiger partial charge in [-0.1, -0.05) is 53.4 Å². The molecule has 0 aromatic rings. The molecule has 0 bridgehead atoms. The molecule has 11 nitrogen and oxygen atoms in total. The van der Waals surface area contributed by atoms with E-state index in [1.807, 2.05) is 27.7 Å². The maximum atomic E-state index is 12.8. The van der Waals surface area contributed by atoms with Crippen LogP contribution in [0.3, 0.4) is 0 Å². The minimum absolute atomic E-state index is 0.106. The number of unbranched alkanes of at least 4 members (excludes halogenated alkanes) is 4. The summed E-state index contributed by atoms with van der Waals surface area (Å²) in [5.41, 5.74) is 0. The van der Waals surface area contributed by atoms with Crippen molar-refractivity contribution in [2.75, 3.05) is 6.61 Å². The second kappa shape index (κ2) is 19.4. The van der Waals surface area contributed by atoms with Crippen molar-refractivity contribution in [2.45, 2.75) is 142 Å². The van der Waals surface area contributed by atoms with Crippen molar-refractivity contribution < 1.29 is 47.7 Å². The Morgan fingerprint density at radius 3 is 1.54 bits per heavy atom. The van der Waals surface area contributed by atoms with E-state index >= 15 is 0 Å². The van der Waals surface area contributed by atoms with Gasteiger partial charge in [0.25, 0.3) is 0 Å². The molecule has 11 heteroatoms. The van der Waals surface area contributed by atoms with Crippen LogP contribution in [0.4, 0.5) is 0 Å². The van der Waals surface area contributed by atoms with Gasteiger partial charge < -0.3 is 29.0 Å². The number of rotatable bonds is 18. The van der Waals surface area contributed by atoms with Crippen LogP contribution < -0.4 is 5.32 Å². The number of nitrogens with one attached hydrogen (secondary N) is 1. The summed E-state index contributed by atoms with van der Waals surface area (Å²) in [5, 5.41) is 2.65. The Hall–Kier alpha value is -2.69. The van der Waals surface area contributed by atoms with E-state index in [0.717, 1.165) is 25.7 Å². The third-order valence-electron chi connectivity index (χ3n) is 6.15. The molecule has 0 saturated carbocycles. The van der Waals surface area contributed by atoms with Crippen molar-refractivity contribution in [1.29, 1.82) is 0 Å². The Morgan fingerprint density at radius 1 is 0.641 bits per heavy atom. The summed E-state index contributed by atoms with van der Waals surface area (Å²) < 4.78 is 28.5. The third kappa shape index (κ3) is 13.3. The molecule has 1 amide bonds. The van der Waals surface area contributed by atoms with Crippen LogP contribution in [-0.2, 0) is 47.7 Å². The van der Waals surface area contributed by atoms with E-state index in [0.29, 0.717) is 25.7 Å². The van der Waals surface area contributed by atoms with Gasteiger partial charge in [-0.2, -0.15) is 0 Å². The van der Waals surface area contributed by atoms with Gasteiger partial charge in [0, 0.05) is 32.6 Å². The van der Waals surface area contributed by atoms with Gasteiger partial charge in [0.15, 0.2) is 12.2 Å². The Morgan fingerprint density at radius 2 is 1.08 bits per heavy atom. The number of esters is 4. The summed E-state index contributed by atoms with van der Waals surface area (Å²) in [5.74, 6) is -2.64. The smallest absolute Gasteiger partial charge is 0.308 e. The molecule has 0 unspecified atom stereocenters. The highest BCUT2D eigenvalue weighted by Crippen LogP contribution is 2.29. The molecule has 0 radical (unpaired) electrons. The first-order valence-electron chi connectivity index (χ1n) is 14.3. The first-order valence-corrected chi connectivity index (χ1v) is 14.3. The summed E-state index contributed by atoms with van der Waals surface area (Å²) in [4.78, 5) is 62.4. The van der Waals surface area contributed by atoms with Gasteiger partial charge in [0.1, 0.15) is 18.8 Å². The number of amides is 1. The van der Waals surface area contributed by atoms with E-state index in [4.69, 9.17) is 23.7 Å². The highest BCUT2D eigenvalue weighted by atomic mass is 16.7. The molecule has 1 fully saturated rings. The number of hydrogen-bond acceptors (Lipinski definition) is 10. The molecule has 1 heterocycles. The number of ether oxygens (including phenoxy) is 5. The predicted octanol–water partition coefficient (Wildman–Crippen LogP) is 3.89. The van der Waals surface area contributed by atoms with Crippen LogP contribution in [0.2, 0.25) is 0 Å². The van der Waals surface area contributed by atoms with Crippen molar-refractivity contribution in [3.05, 3.63) is 0 Å². The normalized spacial score (nSPS) is 22.4. The lowest BCUT2D eigenvalue weighted by molar-refractivity contribution is -0.272. The Bertz CT molecular complexity index is 786. The fraction of sp³-hybridized carbons (Fsp3) is 0.821. The average Bonchev–Trinajstić information content (AvgIpc) is 2.90. The first kappa shape index (κ1) is 34.3. The molecule has 0 aromatic carbocycles. The summed E-state index contributed by atoms with van der Waals surface area (Å²) >= 11 is 0. The fourth-order valence-corrected chi connectivity index (χ4v) is 3.95. The van der Waals surface area contributed by atoms with Crippen LogP contribution in [0, 0.1) is 0 Å². The SMILES string of the molecule is CCCCC(=O)OC[C@H]1O[C@H](OC(=O)CCCC)[C@@H](NC(C)=O)[C@@H](OC(=O)CCCC)[C@@H]1OC(=O)CCCC. The highest BCUT2D eigenvalue weighted by molar-refractivity contribution is 5.74. The molecule has 5 atom stereocenters. The summed E-state index contributed by atoms with van der Waals surface area (Å²) in [6.07, 6.45) is 1.04.